The van der Waals surface area contributed by atoms with Crippen molar-refractivity contribution < 1.29 is 31.6 Å². The lowest BCUT2D eigenvalue weighted by atomic mass is 10.2. The number of aryl methyl sites for hydroxylation is 1. The summed E-state index contributed by atoms with van der Waals surface area (Å²) in [4.78, 5) is 12.4. The first-order chi connectivity index (χ1) is 8.11. The van der Waals surface area contributed by atoms with Gasteiger partial charge in [0, 0.05) is 13.0 Å². The van der Waals surface area contributed by atoms with Gasteiger partial charge in [-0.05, 0) is 9.91 Å². The van der Waals surface area contributed by atoms with Gasteiger partial charge < -0.3 is 14.9 Å². The van der Waals surface area contributed by atoms with E-state index in [9.17, 15) is 32.1 Å². The highest BCUT2D eigenvalue weighted by Gasteiger charge is 2.36. The van der Waals surface area contributed by atoms with E-state index in [0.717, 1.165) is 6.92 Å². The second kappa shape index (κ2) is 4.70. The average molecular weight is 272 g/mol. The van der Waals surface area contributed by atoms with E-state index in [1.165, 1.54) is 0 Å². The molecule has 1 aromatic rings. The molecule has 0 aliphatic rings. The maximum Gasteiger partial charge on any atom is 0.573 e. The molecule has 0 aliphatic carbocycles. The Morgan fingerprint density at radius 3 is 2.39 bits per heavy atom. The van der Waals surface area contributed by atoms with E-state index >= 15 is 0 Å². The Bertz CT molecular complexity index is 475. The second-order valence-electron chi connectivity index (χ2n) is 3.09. The SMILES string of the molecule is Cc1nc([N+](=O)[O-])cc(C(F)F)c1OC(F)(F)F. The molecule has 0 unspecified atom stereocenters. The Balaban J connectivity index is 3.36. The van der Waals surface area contributed by atoms with Crippen molar-refractivity contribution in [3.8, 4) is 5.75 Å². The minimum absolute atomic E-state index is 0.249. The van der Waals surface area contributed by atoms with Gasteiger partial charge in [-0.3, -0.25) is 0 Å². The first-order valence-corrected chi connectivity index (χ1v) is 4.31. The van der Waals surface area contributed by atoms with E-state index in [4.69, 9.17) is 0 Å². The van der Waals surface area contributed by atoms with Gasteiger partial charge in [-0.25, -0.2) is 8.78 Å². The van der Waals surface area contributed by atoms with Crippen LogP contribution >= 0.6 is 0 Å². The lowest BCUT2D eigenvalue weighted by molar-refractivity contribution is -0.389. The van der Waals surface area contributed by atoms with Crippen LogP contribution in [0.4, 0.5) is 27.8 Å². The predicted octanol–water partition coefficient (Wildman–Crippen LogP) is 3.13. The molecule has 100 valence electrons. The maximum atomic E-state index is 12.5. The number of nitro groups is 1. The lowest BCUT2D eigenvalue weighted by Crippen LogP contribution is -2.19. The van der Waals surface area contributed by atoms with Gasteiger partial charge in [0.05, 0.1) is 5.56 Å². The second-order valence-corrected chi connectivity index (χ2v) is 3.09. The zero-order valence-electron chi connectivity index (χ0n) is 8.66. The van der Waals surface area contributed by atoms with Crippen LogP contribution in [0.2, 0.25) is 0 Å². The number of hydrogen-bond donors (Lipinski definition) is 0. The lowest BCUT2D eigenvalue weighted by Gasteiger charge is -2.12. The number of hydrogen-bond acceptors (Lipinski definition) is 4. The first kappa shape index (κ1) is 14.1. The number of halogens is 5. The van der Waals surface area contributed by atoms with Crippen LogP contribution in [0, 0.1) is 17.0 Å². The third kappa shape index (κ3) is 3.25. The molecule has 0 saturated heterocycles. The van der Waals surface area contributed by atoms with Crippen molar-refractivity contribution >= 4 is 5.82 Å². The Kier molecular flexibility index (Phi) is 3.67. The monoisotopic (exact) mass is 272 g/mol. The maximum absolute atomic E-state index is 12.5. The highest BCUT2D eigenvalue weighted by atomic mass is 19.4. The van der Waals surface area contributed by atoms with Gasteiger partial charge in [0.25, 0.3) is 6.43 Å². The molecule has 0 saturated carbocycles. The van der Waals surface area contributed by atoms with Crippen LogP contribution in [-0.2, 0) is 0 Å². The average Bonchev–Trinajstić information content (AvgIpc) is 2.18. The van der Waals surface area contributed by atoms with E-state index in [2.05, 4.69) is 9.72 Å². The van der Waals surface area contributed by atoms with Crippen molar-refractivity contribution in [1.82, 2.24) is 4.98 Å². The summed E-state index contributed by atoms with van der Waals surface area (Å²) < 4.78 is 64.4. The molecule has 0 fully saturated rings. The molecule has 0 N–H and O–H groups in total. The van der Waals surface area contributed by atoms with Crippen LogP contribution in [0.15, 0.2) is 6.07 Å². The van der Waals surface area contributed by atoms with Gasteiger partial charge in [0.15, 0.2) is 11.4 Å². The number of alkyl halides is 5. The Hall–Kier alpha value is -2.00. The smallest absolute Gasteiger partial charge is 0.401 e. The molecule has 0 spiro atoms. The van der Waals surface area contributed by atoms with Crippen LogP contribution in [-0.4, -0.2) is 16.3 Å². The summed E-state index contributed by atoms with van der Waals surface area (Å²) in [7, 11) is 0. The minimum Gasteiger partial charge on any atom is -0.401 e. The van der Waals surface area contributed by atoms with Crippen LogP contribution in [0.3, 0.4) is 0 Å². The largest absolute Gasteiger partial charge is 0.573 e. The molecule has 0 bridgehead atoms. The van der Waals surface area contributed by atoms with Crippen LogP contribution in [0.5, 0.6) is 5.75 Å². The number of rotatable bonds is 3. The highest BCUT2D eigenvalue weighted by Crippen LogP contribution is 2.36. The van der Waals surface area contributed by atoms with Crippen molar-refractivity contribution in [3.63, 3.8) is 0 Å². The molecule has 10 heteroatoms. The molecular formula is C8H5F5N2O3. The third-order valence-electron chi connectivity index (χ3n) is 1.80. The Morgan fingerprint density at radius 1 is 1.44 bits per heavy atom. The fourth-order valence-corrected chi connectivity index (χ4v) is 1.17. The molecule has 0 aromatic carbocycles. The summed E-state index contributed by atoms with van der Waals surface area (Å²) in [6, 6.07) is 0.249. The van der Waals surface area contributed by atoms with Gasteiger partial charge >= 0.3 is 12.2 Å². The van der Waals surface area contributed by atoms with Crippen molar-refractivity contribution in [1.29, 1.82) is 0 Å². The molecule has 1 aromatic heterocycles. The van der Waals surface area contributed by atoms with Crippen molar-refractivity contribution in [3.05, 3.63) is 27.4 Å². The first-order valence-electron chi connectivity index (χ1n) is 4.31. The minimum atomic E-state index is -5.19. The molecule has 18 heavy (non-hydrogen) atoms. The van der Waals surface area contributed by atoms with Gasteiger partial charge in [-0.1, -0.05) is 0 Å². The summed E-state index contributed by atoms with van der Waals surface area (Å²) in [5, 5.41) is 10.4. The van der Waals surface area contributed by atoms with E-state index < -0.39 is 40.5 Å². The summed E-state index contributed by atoms with van der Waals surface area (Å²) in [5.74, 6) is -2.19. The number of nitrogens with zero attached hydrogens (tertiary/aromatic N) is 2. The van der Waals surface area contributed by atoms with Gasteiger partial charge in [-0.15, -0.1) is 13.2 Å². The molecule has 5 nitrogen and oxygen atoms in total. The van der Waals surface area contributed by atoms with Crippen molar-refractivity contribution in [2.75, 3.05) is 0 Å². The van der Waals surface area contributed by atoms with Crippen molar-refractivity contribution in [2.24, 2.45) is 0 Å². The molecule has 1 heterocycles. The fraction of sp³-hybridized carbons (Fsp3) is 0.375. The fourth-order valence-electron chi connectivity index (χ4n) is 1.17. The molecule has 0 amide bonds. The quantitative estimate of drug-likeness (QED) is 0.481. The summed E-state index contributed by atoms with van der Waals surface area (Å²) in [5.41, 5.74) is -1.87. The van der Waals surface area contributed by atoms with Crippen LogP contribution in [0.25, 0.3) is 0 Å². The normalized spacial score (nSPS) is 11.7. The zero-order chi connectivity index (χ0) is 14.1. The highest BCUT2D eigenvalue weighted by molar-refractivity contribution is 5.43. The van der Waals surface area contributed by atoms with Gasteiger partial charge in [0.2, 0.25) is 0 Å². The van der Waals surface area contributed by atoms with Gasteiger partial charge in [0.1, 0.15) is 0 Å². The number of pyridine rings is 1. The van der Waals surface area contributed by atoms with E-state index in [0.29, 0.717) is 0 Å². The molecular weight excluding hydrogens is 267 g/mol. The van der Waals surface area contributed by atoms with Crippen LogP contribution in [0.1, 0.15) is 17.7 Å². The Labute approximate surface area is 96.3 Å². The van der Waals surface area contributed by atoms with E-state index in [-0.39, 0.29) is 6.07 Å². The zero-order valence-corrected chi connectivity index (χ0v) is 8.66. The summed E-state index contributed by atoms with van der Waals surface area (Å²) >= 11 is 0. The van der Waals surface area contributed by atoms with Crippen LogP contribution < -0.4 is 4.74 Å². The summed E-state index contributed by atoms with van der Waals surface area (Å²) in [6.45, 7) is 0.903. The summed E-state index contributed by atoms with van der Waals surface area (Å²) in [6.07, 6.45) is -8.55. The topological polar surface area (TPSA) is 65.3 Å². The van der Waals surface area contributed by atoms with E-state index in [1.807, 2.05) is 0 Å². The molecule has 0 atom stereocenters. The van der Waals surface area contributed by atoms with Gasteiger partial charge in [-0.2, -0.15) is 0 Å². The Morgan fingerprint density at radius 2 is 2.00 bits per heavy atom. The number of aromatic nitrogens is 1. The molecule has 0 aliphatic heterocycles. The molecule has 0 radical (unpaired) electrons. The predicted molar refractivity (Wildman–Crippen MR) is 47.3 cm³/mol. The molecule has 1 rings (SSSR count). The van der Waals surface area contributed by atoms with Crippen molar-refractivity contribution in [2.45, 2.75) is 19.7 Å². The standard InChI is InChI=1S/C8H5F5N2O3/c1-3-6(18-8(11,12)13)4(7(9)10)2-5(14-3)15(16)17/h2,7H,1H3. The van der Waals surface area contributed by atoms with E-state index in [1.54, 1.807) is 0 Å². The third-order valence-corrected chi connectivity index (χ3v) is 1.80. The number of ether oxygens (including phenoxy) is 1.